The third kappa shape index (κ3) is 3.33. The highest BCUT2D eigenvalue weighted by atomic mass is 32.1. The zero-order valence-corrected chi connectivity index (χ0v) is 12.2. The van der Waals surface area contributed by atoms with Crippen LogP contribution in [0.4, 0.5) is 10.1 Å². The van der Waals surface area contributed by atoms with Gasteiger partial charge in [-0.1, -0.05) is 6.07 Å². The van der Waals surface area contributed by atoms with Crippen LogP contribution in [0.5, 0.6) is 0 Å². The predicted molar refractivity (Wildman–Crippen MR) is 78.6 cm³/mol. The molecule has 1 aromatic carbocycles. The number of benzene rings is 1. The summed E-state index contributed by atoms with van der Waals surface area (Å²) in [7, 11) is 0. The van der Waals surface area contributed by atoms with E-state index in [1.54, 1.807) is 12.3 Å². The SMILES string of the molecule is CCNc1c(F)cccc1C(=O)NCc1cnc(C)s1. The van der Waals surface area contributed by atoms with Crippen molar-refractivity contribution in [3.63, 3.8) is 0 Å². The average molecular weight is 293 g/mol. The maximum Gasteiger partial charge on any atom is 0.253 e. The molecule has 0 atom stereocenters. The topological polar surface area (TPSA) is 54.0 Å². The summed E-state index contributed by atoms with van der Waals surface area (Å²) in [6.07, 6.45) is 1.73. The van der Waals surface area contributed by atoms with Gasteiger partial charge in [0.2, 0.25) is 0 Å². The fourth-order valence-corrected chi connectivity index (χ4v) is 2.55. The molecule has 0 aliphatic heterocycles. The number of carbonyl (C=O) groups is 1. The smallest absolute Gasteiger partial charge is 0.253 e. The molecule has 2 rings (SSSR count). The van der Waals surface area contributed by atoms with Crippen molar-refractivity contribution in [1.29, 1.82) is 0 Å². The Morgan fingerprint density at radius 2 is 2.25 bits per heavy atom. The standard InChI is InChI=1S/C14H16FN3OS/c1-3-16-13-11(5-4-6-12(13)15)14(19)18-8-10-7-17-9(2)20-10/h4-7,16H,3,8H2,1-2H3,(H,18,19). The number of hydrogen-bond acceptors (Lipinski definition) is 4. The van der Waals surface area contributed by atoms with Crippen LogP contribution in [-0.4, -0.2) is 17.4 Å². The number of amides is 1. The molecule has 106 valence electrons. The van der Waals surface area contributed by atoms with Crippen molar-refractivity contribution in [2.45, 2.75) is 20.4 Å². The second-order valence-corrected chi connectivity index (χ2v) is 5.54. The summed E-state index contributed by atoms with van der Waals surface area (Å²) >= 11 is 1.53. The molecule has 4 nitrogen and oxygen atoms in total. The second-order valence-electron chi connectivity index (χ2n) is 4.22. The number of nitrogens with one attached hydrogen (secondary N) is 2. The van der Waals surface area contributed by atoms with Crippen molar-refractivity contribution in [2.75, 3.05) is 11.9 Å². The molecule has 0 saturated heterocycles. The van der Waals surface area contributed by atoms with Gasteiger partial charge in [0, 0.05) is 17.6 Å². The van der Waals surface area contributed by atoms with Crippen LogP contribution in [0.3, 0.4) is 0 Å². The minimum absolute atomic E-state index is 0.244. The zero-order valence-electron chi connectivity index (χ0n) is 11.4. The van der Waals surface area contributed by atoms with Crippen LogP contribution < -0.4 is 10.6 Å². The molecule has 0 saturated carbocycles. The first-order chi connectivity index (χ1) is 9.61. The maximum absolute atomic E-state index is 13.7. The lowest BCUT2D eigenvalue weighted by Gasteiger charge is -2.11. The van der Waals surface area contributed by atoms with Crippen LogP contribution in [0, 0.1) is 12.7 Å². The van der Waals surface area contributed by atoms with Crippen LogP contribution in [0.15, 0.2) is 24.4 Å². The van der Waals surface area contributed by atoms with Crippen molar-refractivity contribution in [3.8, 4) is 0 Å². The summed E-state index contributed by atoms with van der Waals surface area (Å²) in [6.45, 7) is 4.71. The molecule has 1 amide bonds. The molecule has 0 aliphatic carbocycles. The quantitative estimate of drug-likeness (QED) is 0.891. The number of aryl methyl sites for hydroxylation is 1. The van der Waals surface area contributed by atoms with Crippen molar-refractivity contribution < 1.29 is 9.18 Å². The number of thiazole rings is 1. The highest BCUT2D eigenvalue weighted by molar-refractivity contribution is 7.11. The van der Waals surface area contributed by atoms with Crippen molar-refractivity contribution in [2.24, 2.45) is 0 Å². The fraction of sp³-hybridized carbons (Fsp3) is 0.286. The molecule has 0 fully saturated rings. The lowest BCUT2D eigenvalue weighted by atomic mass is 10.1. The van der Waals surface area contributed by atoms with Crippen molar-refractivity contribution >= 4 is 22.9 Å². The van der Waals surface area contributed by atoms with Gasteiger partial charge in [0.05, 0.1) is 22.8 Å². The predicted octanol–water partition coefficient (Wildman–Crippen LogP) is 2.95. The Kier molecular flexibility index (Phi) is 4.68. The highest BCUT2D eigenvalue weighted by Gasteiger charge is 2.14. The van der Waals surface area contributed by atoms with Gasteiger partial charge in [-0.25, -0.2) is 9.37 Å². The monoisotopic (exact) mass is 293 g/mol. The number of halogens is 1. The van der Waals surface area contributed by atoms with Crippen LogP contribution in [0.1, 0.15) is 27.2 Å². The fourth-order valence-electron chi connectivity index (χ4n) is 1.82. The number of hydrogen-bond donors (Lipinski definition) is 2. The lowest BCUT2D eigenvalue weighted by molar-refractivity contribution is 0.0951. The van der Waals surface area contributed by atoms with E-state index in [4.69, 9.17) is 0 Å². The van der Waals surface area contributed by atoms with Gasteiger partial charge < -0.3 is 10.6 Å². The number of anilines is 1. The molecule has 0 unspecified atom stereocenters. The van der Waals surface area contributed by atoms with Crippen LogP contribution in [0.25, 0.3) is 0 Å². The first kappa shape index (κ1) is 14.5. The Bertz CT molecular complexity index is 612. The molecule has 0 radical (unpaired) electrons. The molecule has 1 aromatic heterocycles. The summed E-state index contributed by atoms with van der Waals surface area (Å²) < 4.78 is 13.7. The molecule has 1 heterocycles. The summed E-state index contributed by atoms with van der Waals surface area (Å²) in [4.78, 5) is 17.2. The van der Waals surface area contributed by atoms with Gasteiger partial charge in [0.25, 0.3) is 5.91 Å². The number of para-hydroxylation sites is 1. The molecule has 2 N–H and O–H groups in total. The van der Waals surface area contributed by atoms with Crippen molar-refractivity contribution in [1.82, 2.24) is 10.3 Å². The summed E-state index contributed by atoms with van der Waals surface area (Å²) in [5.74, 6) is -0.723. The third-order valence-corrected chi connectivity index (χ3v) is 3.62. The molecule has 2 aromatic rings. The largest absolute Gasteiger partial charge is 0.382 e. The van der Waals surface area contributed by atoms with E-state index in [0.717, 1.165) is 9.88 Å². The van der Waals surface area contributed by atoms with E-state index < -0.39 is 5.82 Å². The number of rotatable bonds is 5. The molecular weight excluding hydrogens is 277 g/mol. The summed E-state index contributed by atoms with van der Waals surface area (Å²) in [6, 6.07) is 4.47. The van der Waals surface area contributed by atoms with Gasteiger partial charge in [0.1, 0.15) is 5.82 Å². The number of carbonyl (C=O) groups excluding carboxylic acids is 1. The molecule has 0 spiro atoms. The zero-order chi connectivity index (χ0) is 14.5. The van der Waals surface area contributed by atoms with Gasteiger partial charge in [-0.15, -0.1) is 11.3 Å². The van der Waals surface area contributed by atoms with Crippen LogP contribution in [0.2, 0.25) is 0 Å². The minimum atomic E-state index is -0.423. The van der Waals surface area contributed by atoms with Gasteiger partial charge in [-0.05, 0) is 26.0 Å². The Morgan fingerprint density at radius 1 is 1.45 bits per heavy atom. The Hall–Kier alpha value is -1.95. The van der Waals surface area contributed by atoms with E-state index in [0.29, 0.717) is 18.7 Å². The van der Waals surface area contributed by atoms with Gasteiger partial charge in [-0.2, -0.15) is 0 Å². The Morgan fingerprint density at radius 3 is 2.90 bits per heavy atom. The normalized spacial score (nSPS) is 10.3. The van der Waals surface area contributed by atoms with E-state index in [2.05, 4.69) is 15.6 Å². The van der Waals surface area contributed by atoms with E-state index >= 15 is 0 Å². The van der Waals surface area contributed by atoms with Gasteiger partial charge in [0.15, 0.2) is 0 Å². The van der Waals surface area contributed by atoms with E-state index in [9.17, 15) is 9.18 Å². The van der Waals surface area contributed by atoms with Crippen LogP contribution >= 0.6 is 11.3 Å². The second kappa shape index (κ2) is 6.47. The molecule has 0 aliphatic rings. The molecule has 6 heteroatoms. The average Bonchev–Trinajstić information content (AvgIpc) is 2.84. The first-order valence-corrected chi connectivity index (χ1v) is 7.15. The third-order valence-electron chi connectivity index (χ3n) is 2.70. The summed E-state index contributed by atoms with van der Waals surface area (Å²) in [5.41, 5.74) is 0.557. The Labute approximate surface area is 121 Å². The van der Waals surface area contributed by atoms with Crippen LogP contribution in [-0.2, 0) is 6.54 Å². The lowest BCUT2D eigenvalue weighted by Crippen LogP contribution is -2.24. The Balaban J connectivity index is 2.10. The van der Waals surface area contributed by atoms with E-state index in [1.807, 2.05) is 13.8 Å². The first-order valence-electron chi connectivity index (χ1n) is 6.33. The van der Waals surface area contributed by atoms with Crippen molar-refractivity contribution in [3.05, 3.63) is 45.7 Å². The van der Waals surface area contributed by atoms with E-state index in [-0.39, 0.29) is 11.6 Å². The van der Waals surface area contributed by atoms with Gasteiger partial charge >= 0.3 is 0 Å². The molecule has 20 heavy (non-hydrogen) atoms. The molecular formula is C14H16FN3OS. The minimum Gasteiger partial charge on any atom is -0.382 e. The molecule has 0 bridgehead atoms. The summed E-state index contributed by atoms with van der Waals surface area (Å²) in [5, 5.41) is 6.61. The number of nitrogens with zero attached hydrogens (tertiary/aromatic N) is 1. The highest BCUT2D eigenvalue weighted by Crippen LogP contribution is 2.20. The maximum atomic E-state index is 13.7. The number of aromatic nitrogens is 1. The van der Waals surface area contributed by atoms with E-state index in [1.165, 1.54) is 23.5 Å². The van der Waals surface area contributed by atoms with Gasteiger partial charge in [-0.3, -0.25) is 4.79 Å².